The maximum Gasteiger partial charge on any atom is 0.115 e. The average molecular weight is 178 g/mol. The van der Waals surface area contributed by atoms with E-state index in [-0.39, 0.29) is 5.41 Å². The predicted octanol–water partition coefficient (Wildman–Crippen LogP) is 3.47. The number of aromatic hydroxyl groups is 1. The van der Waals surface area contributed by atoms with Gasteiger partial charge in [-0.2, -0.15) is 0 Å². The molecule has 1 nitrogen and oxygen atoms in total. The lowest BCUT2D eigenvalue weighted by Gasteiger charge is -2.24. The van der Waals surface area contributed by atoms with Gasteiger partial charge in [-0.1, -0.05) is 39.3 Å². The lowest BCUT2D eigenvalue weighted by molar-refractivity contribution is 0.463. The molecule has 0 saturated carbocycles. The second-order valence-corrected chi connectivity index (χ2v) is 4.18. The Morgan fingerprint density at radius 1 is 1.15 bits per heavy atom. The van der Waals surface area contributed by atoms with Crippen LogP contribution < -0.4 is 0 Å². The van der Waals surface area contributed by atoms with Crippen LogP contribution in [-0.4, -0.2) is 5.11 Å². The normalized spacial score (nSPS) is 11.6. The molecule has 1 aromatic carbocycles. The van der Waals surface area contributed by atoms with Gasteiger partial charge in [0.2, 0.25) is 0 Å². The van der Waals surface area contributed by atoms with E-state index >= 15 is 0 Å². The molecule has 0 aliphatic heterocycles. The van der Waals surface area contributed by atoms with E-state index in [0.717, 1.165) is 0 Å². The van der Waals surface area contributed by atoms with E-state index in [4.69, 9.17) is 5.11 Å². The van der Waals surface area contributed by atoms with E-state index in [9.17, 15) is 0 Å². The molecule has 0 bridgehead atoms. The first-order valence-electron chi connectivity index (χ1n) is 4.86. The zero-order chi connectivity index (χ0) is 9.90. The van der Waals surface area contributed by atoms with Gasteiger partial charge in [-0.05, 0) is 29.5 Å². The SMILES string of the molecule is CCCC(C)(C)c1ccc(O)cc1. The minimum atomic E-state index is 0.225. The largest absolute Gasteiger partial charge is 0.508 e. The summed E-state index contributed by atoms with van der Waals surface area (Å²) in [6, 6.07) is 7.52. The van der Waals surface area contributed by atoms with Gasteiger partial charge in [0, 0.05) is 0 Å². The molecule has 0 aliphatic carbocycles. The van der Waals surface area contributed by atoms with Gasteiger partial charge in [-0.25, -0.2) is 0 Å². The Labute approximate surface area is 80.4 Å². The molecule has 0 saturated heterocycles. The lowest BCUT2D eigenvalue weighted by atomic mass is 9.81. The maximum absolute atomic E-state index is 9.15. The number of benzene rings is 1. The fourth-order valence-corrected chi connectivity index (χ4v) is 1.68. The molecule has 72 valence electrons. The molecule has 1 rings (SSSR count). The fraction of sp³-hybridized carbons (Fsp3) is 0.500. The van der Waals surface area contributed by atoms with Crippen molar-refractivity contribution in [2.45, 2.75) is 39.0 Å². The second-order valence-electron chi connectivity index (χ2n) is 4.18. The predicted molar refractivity (Wildman–Crippen MR) is 56.0 cm³/mol. The monoisotopic (exact) mass is 178 g/mol. The van der Waals surface area contributed by atoms with Crippen LogP contribution in [0.25, 0.3) is 0 Å². The van der Waals surface area contributed by atoms with Gasteiger partial charge in [0.15, 0.2) is 0 Å². The molecule has 0 radical (unpaired) electrons. The minimum Gasteiger partial charge on any atom is -0.508 e. The van der Waals surface area contributed by atoms with Crippen molar-refractivity contribution in [1.29, 1.82) is 0 Å². The van der Waals surface area contributed by atoms with Crippen molar-refractivity contribution in [2.75, 3.05) is 0 Å². The Morgan fingerprint density at radius 2 is 1.69 bits per heavy atom. The van der Waals surface area contributed by atoms with Gasteiger partial charge in [0.1, 0.15) is 5.75 Å². The van der Waals surface area contributed by atoms with Crippen LogP contribution in [0.3, 0.4) is 0 Å². The van der Waals surface area contributed by atoms with Crippen LogP contribution in [0.15, 0.2) is 24.3 Å². The summed E-state index contributed by atoms with van der Waals surface area (Å²) in [6.07, 6.45) is 2.37. The van der Waals surface area contributed by atoms with Crippen LogP contribution in [0.1, 0.15) is 39.2 Å². The van der Waals surface area contributed by atoms with Crippen LogP contribution in [-0.2, 0) is 5.41 Å². The molecule has 0 amide bonds. The standard InChI is InChI=1S/C12H18O/c1-4-9-12(2,3)10-5-7-11(13)8-6-10/h5-8,13H,4,9H2,1-3H3. The van der Waals surface area contributed by atoms with E-state index < -0.39 is 0 Å². The van der Waals surface area contributed by atoms with Gasteiger partial charge in [-0.3, -0.25) is 0 Å². The maximum atomic E-state index is 9.15. The van der Waals surface area contributed by atoms with Crippen LogP contribution in [0.4, 0.5) is 0 Å². The van der Waals surface area contributed by atoms with E-state index in [2.05, 4.69) is 20.8 Å². The van der Waals surface area contributed by atoms with Crippen molar-refractivity contribution in [3.05, 3.63) is 29.8 Å². The Hall–Kier alpha value is -0.980. The summed E-state index contributed by atoms with van der Waals surface area (Å²) in [7, 11) is 0. The van der Waals surface area contributed by atoms with Crippen molar-refractivity contribution >= 4 is 0 Å². The summed E-state index contributed by atoms with van der Waals surface area (Å²) in [5.74, 6) is 0.344. The first-order valence-corrected chi connectivity index (χ1v) is 4.86. The summed E-state index contributed by atoms with van der Waals surface area (Å²) in [5.41, 5.74) is 1.52. The highest BCUT2D eigenvalue weighted by molar-refractivity contribution is 5.30. The molecule has 0 spiro atoms. The molecule has 13 heavy (non-hydrogen) atoms. The Kier molecular flexibility index (Phi) is 2.97. The summed E-state index contributed by atoms with van der Waals surface area (Å²) in [4.78, 5) is 0. The van der Waals surface area contributed by atoms with Crippen molar-refractivity contribution in [2.24, 2.45) is 0 Å². The van der Waals surface area contributed by atoms with Crippen LogP contribution in [0, 0.1) is 0 Å². The smallest absolute Gasteiger partial charge is 0.115 e. The molecule has 0 fully saturated rings. The van der Waals surface area contributed by atoms with E-state index in [0.29, 0.717) is 5.75 Å². The van der Waals surface area contributed by atoms with Crippen LogP contribution in [0.5, 0.6) is 5.75 Å². The highest BCUT2D eigenvalue weighted by atomic mass is 16.3. The van der Waals surface area contributed by atoms with Crippen molar-refractivity contribution in [1.82, 2.24) is 0 Å². The molecule has 0 atom stereocenters. The third-order valence-electron chi connectivity index (χ3n) is 2.52. The topological polar surface area (TPSA) is 20.2 Å². The summed E-state index contributed by atoms with van der Waals surface area (Å²) < 4.78 is 0. The van der Waals surface area contributed by atoms with Gasteiger partial charge in [0.25, 0.3) is 0 Å². The highest BCUT2D eigenvalue weighted by Gasteiger charge is 2.18. The van der Waals surface area contributed by atoms with Crippen molar-refractivity contribution < 1.29 is 5.11 Å². The van der Waals surface area contributed by atoms with E-state index in [1.165, 1.54) is 18.4 Å². The van der Waals surface area contributed by atoms with Crippen LogP contribution >= 0.6 is 0 Å². The average Bonchev–Trinajstić information content (AvgIpc) is 2.05. The molecule has 0 aliphatic rings. The zero-order valence-electron chi connectivity index (χ0n) is 8.67. The molecule has 1 aromatic rings. The summed E-state index contributed by atoms with van der Waals surface area (Å²) >= 11 is 0. The Bertz CT molecular complexity index is 259. The lowest BCUT2D eigenvalue weighted by Crippen LogP contribution is -2.16. The first-order chi connectivity index (χ1) is 6.06. The van der Waals surface area contributed by atoms with Gasteiger partial charge in [0.05, 0.1) is 0 Å². The minimum absolute atomic E-state index is 0.225. The highest BCUT2D eigenvalue weighted by Crippen LogP contribution is 2.29. The summed E-state index contributed by atoms with van der Waals surface area (Å²) in [6.45, 7) is 6.67. The fourth-order valence-electron chi connectivity index (χ4n) is 1.68. The third kappa shape index (κ3) is 2.48. The molecular formula is C12H18O. The number of phenols is 1. The quantitative estimate of drug-likeness (QED) is 0.751. The van der Waals surface area contributed by atoms with E-state index in [1.807, 2.05) is 12.1 Å². The number of hydrogen-bond donors (Lipinski definition) is 1. The molecule has 0 heterocycles. The van der Waals surface area contributed by atoms with Gasteiger partial charge in [-0.15, -0.1) is 0 Å². The Morgan fingerprint density at radius 3 is 2.15 bits per heavy atom. The van der Waals surface area contributed by atoms with Crippen molar-refractivity contribution in [3.63, 3.8) is 0 Å². The molecular weight excluding hydrogens is 160 g/mol. The third-order valence-corrected chi connectivity index (χ3v) is 2.52. The first kappa shape index (κ1) is 10.1. The summed E-state index contributed by atoms with van der Waals surface area (Å²) in [5, 5.41) is 9.15. The molecule has 1 heteroatoms. The molecule has 1 N–H and O–H groups in total. The number of phenolic OH excluding ortho intramolecular Hbond substituents is 1. The van der Waals surface area contributed by atoms with Crippen molar-refractivity contribution in [3.8, 4) is 5.75 Å². The molecule has 0 unspecified atom stereocenters. The van der Waals surface area contributed by atoms with Crippen LogP contribution in [0.2, 0.25) is 0 Å². The Balaban J connectivity index is 2.87. The van der Waals surface area contributed by atoms with E-state index in [1.54, 1.807) is 12.1 Å². The number of hydrogen-bond acceptors (Lipinski definition) is 1. The second kappa shape index (κ2) is 3.82. The number of rotatable bonds is 3. The molecule has 0 aromatic heterocycles. The zero-order valence-corrected chi connectivity index (χ0v) is 8.67. The van der Waals surface area contributed by atoms with Gasteiger partial charge >= 0.3 is 0 Å². The van der Waals surface area contributed by atoms with Gasteiger partial charge < -0.3 is 5.11 Å².